The van der Waals surface area contributed by atoms with Crippen molar-refractivity contribution in [2.45, 2.75) is 12.2 Å². The van der Waals surface area contributed by atoms with Gasteiger partial charge in [0.15, 0.2) is 5.82 Å². The molecule has 8 heteroatoms. The van der Waals surface area contributed by atoms with Gasteiger partial charge in [0.05, 0.1) is 11.3 Å². The number of hydrogen-bond acceptors (Lipinski definition) is 4. The van der Waals surface area contributed by atoms with Crippen LogP contribution in [0.25, 0.3) is 0 Å². The van der Waals surface area contributed by atoms with Crippen molar-refractivity contribution in [2.24, 2.45) is 0 Å². The van der Waals surface area contributed by atoms with Gasteiger partial charge in [-0.15, -0.1) is 0 Å². The number of anilines is 2. The zero-order valence-corrected chi connectivity index (χ0v) is 9.79. The van der Waals surface area contributed by atoms with E-state index in [1.54, 1.807) is 4.90 Å². The lowest BCUT2D eigenvalue weighted by Crippen LogP contribution is -2.59. The molecule has 1 aromatic heterocycles. The second-order valence-corrected chi connectivity index (χ2v) is 4.50. The first-order valence-corrected chi connectivity index (χ1v) is 5.82. The molecule has 2 N–H and O–H groups in total. The molecule has 1 atom stereocenters. The Morgan fingerprint density at radius 3 is 2.95 bits per heavy atom. The zero-order chi connectivity index (χ0) is 13.6. The number of amides is 1. The number of pyridine rings is 1. The topological polar surface area (TPSA) is 57.3 Å². The van der Waals surface area contributed by atoms with E-state index in [2.05, 4.69) is 15.6 Å². The van der Waals surface area contributed by atoms with Gasteiger partial charge in [0.2, 0.25) is 5.91 Å². The molecule has 5 nitrogen and oxygen atoms in total. The van der Waals surface area contributed by atoms with Crippen LogP contribution in [0.1, 0.15) is 5.56 Å². The van der Waals surface area contributed by atoms with Crippen LogP contribution in [0.15, 0.2) is 12.3 Å². The molecule has 0 bridgehead atoms. The molecule has 0 saturated carbocycles. The summed E-state index contributed by atoms with van der Waals surface area (Å²) in [5, 5.41) is 5.56. The Hall–Kier alpha value is -1.83. The van der Waals surface area contributed by atoms with Crippen LogP contribution in [0.2, 0.25) is 0 Å². The molecule has 0 radical (unpaired) electrons. The van der Waals surface area contributed by atoms with Gasteiger partial charge in [0.25, 0.3) is 0 Å². The first-order chi connectivity index (χ1) is 8.97. The number of nitrogens with zero attached hydrogens (tertiary/aromatic N) is 2. The number of carbonyl (C=O) groups excluding carboxylic acids is 1. The fraction of sp³-hybridized carbons (Fsp3) is 0.455. The van der Waals surface area contributed by atoms with Crippen molar-refractivity contribution in [1.29, 1.82) is 0 Å². The number of halogens is 3. The van der Waals surface area contributed by atoms with Gasteiger partial charge >= 0.3 is 6.18 Å². The molecule has 19 heavy (non-hydrogen) atoms. The van der Waals surface area contributed by atoms with Crippen LogP contribution in [0.4, 0.5) is 24.7 Å². The first kappa shape index (κ1) is 12.2. The van der Waals surface area contributed by atoms with Crippen LogP contribution in [0, 0.1) is 0 Å². The van der Waals surface area contributed by atoms with Gasteiger partial charge < -0.3 is 15.5 Å². The highest BCUT2D eigenvalue weighted by Crippen LogP contribution is 2.36. The van der Waals surface area contributed by atoms with Crippen molar-refractivity contribution in [3.63, 3.8) is 0 Å². The van der Waals surface area contributed by atoms with Gasteiger partial charge in [-0.3, -0.25) is 4.79 Å². The van der Waals surface area contributed by atoms with Crippen LogP contribution in [0.5, 0.6) is 0 Å². The molecule has 1 aromatic rings. The summed E-state index contributed by atoms with van der Waals surface area (Å²) >= 11 is 0. The van der Waals surface area contributed by atoms with Crippen LogP contribution in [-0.2, 0) is 11.0 Å². The summed E-state index contributed by atoms with van der Waals surface area (Å²) in [4.78, 5) is 17.5. The summed E-state index contributed by atoms with van der Waals surface area (Å²) in [7, 11) is 0. The van der Waals surface area contributed by atoms with Crippen molar-refractivity contribution in [3.8, 4) is 0 Å². The second-order valence-electron chi connectivity index (χ2n) is 4.50. The normalized spacial score (nSPS) is 22.6. The molecule has 0 spiro atoms. The molecule has 1 fully saturated rings. The van der Waals surface area contributed by atoms with Gasteiger partial charge in [-0.2, -0.15) is 13.2 Å². The molecule has 0 aliphatic carbocycles. The third-order valence-electron chi connectivity index (χ3n) is 3.27. The molecule has 0 aromatic carbocycles. The van der Waals surface area contributed by atoms with Crippen LogP contribution in [0.3, 0.4) is 0 Å². The SMILES string of the molecule is O=C1Nc2cc(C(F)(F)F)cnc2N2CCNC[C@H]12. The number of nitrogens with one attached hydrogen (secondary N) is 2. The number of piperazine rings is 1. The lowest BCUT2D eigenvalue weighted by Gasteiger charge is -2.40. The number of aromatic nitrogens is 1. The Balaban J connectivity index is 2.03. The predicted octanol–water partition coefficient (Wildman–Crippen LogP) is 0.831. The molecule has 2 aliphatic heterocycles. The predicted molar refractivity (Wildman–Crippen MR) is 61.9 cm³/mol. The van der Waals surface area contributed by atoms with Gasteiger partial charge in [-0.1, -0.05) is 0 Å². The number of fused-ring (bicyclic) bond motifs is 3. The van der Waals surface area contributed by atoms with Gasteiger partial charge in [-0.05, 0) is 6.07 Å². The van der Waals surface area contributed by atoms with E-state index in [9.17, 15) is 18.0 Å². The Kier molecular flexibility index (Phi) is 2.63. The fourth-order valence-corrected chi connectivity index (χ4v) is 2.34. The monoisotopic (exact) mass is 272 g/mol. The summed E-state index contributed by atoms with van der Waals surface area (Å²) < 4.78 is 37.8. The van der Waals surface area contributed by atoms with Gasteiger partial charge in [0.1, 0.15) is 6.04 Å². The van der Waals surface area contributed by atoms with E-state index in [0.29, 0.717) is 25.5 Å². The number of hydrogen-bond donors (Lipinski definition) is 2. The maximum atomic E-state index is 12.6. The van der Waals surface area contributed by atoms with E-state index in [0.717, 1.165) is 12.3 Å². The third kappa shape index (κ3) is 2.01. The van der Waals surface area contributed by atoms with Crippen molar-refractivity contribution in [1.82, 2.24) is 10.3 Å². The molecule has 3 heterocycles. The van der Waals surface area contributed by atoms with E-state index < -0.39 is 17.8 Å². The number of rotatable bonds is 0. The van der Waals surface area contributed by atoms with Crippen LogP contribution in [-0.4, -0.2) is 36.6 Å². The van der Waals surface area contributed by atoms with Crippen LogP contribution < -0.4 is 15.5 Å². The standard InChI is InChI=1S/C11H11F3N4O/c12-11(13,14)6-3-7-9(16-4-6)18-2-1-15-5-8(18)10(19)17-7/h3-4,8,15H,1-2,5H2,(H,17,19)/t8-/m1/s1. The Labute approximate surface area is 106 Å². The highest BCUT2D eigenvalue weighted by molar-refractivity contribution is 6.03. The lowest BCUT2D eigenvalue weighted by atomic mass is 10.1. The molecular weight excluding hydrogens is 261 g/mol. The van der Waals surface area contributed by atoms with Crippen molar-refractivity contribution < 1.29 is 18.0 Å². The van der Waals surface area contributed by atoms with Gasteiger partial charge in [-0.25, -0.2) is 4.98 Å². The molecule has 0 unspecified atom stereocenters. The smallest absolute Gasteiger partial charge is 0.340 e. The average Bonchev–Trinajstić information content (AvgIpc) is 2.37. The lowest BCUT2D eigenvalue weighted by molar-refractivity contribution is -0.137. The Morgan fingerprint density at radius 1 is 1.42 bits per heavy atom. The Bertz CT molecular complexity index is 531. The minimum absolute atomic E-state index is 0.123. The van der Waals surface area contributed by atoms with E-state index in [1.165, 1.54) is 0 Å². The molecule has 2 aliphatic rings. The Morgan fingerprint density at radius 2 is 2.21 bits per heavy atom. The maximum Gasteiger partial charge on any atom is 0.417 e. The quantitative estimate of drug-likeness (QED) is 0.734. The average molecular weight is 272 g/mol. The van der Waals surface area contributed by atoms with E-state index in [-0.39, 0.29) is 11.6 Å². The third-order valence-corrected chi connectivity index (χ3v) is 3.27. The zero-order valence-electron chi connectivity index (χ0n) is 9.79. The highest BCUT2D eigenvalue weighted by atomic mass is 19.4. The van der Waals surface area contributed by atoms with E-state index in [4.69, 9.17) is 0 Å². The molecule has 102 valence electrons. The molecule has 1 saturated heterocycles. The summed E-state index contributed by atoms with van der Waals surface area (Å²) in [6, 6.07) is 0.517. The number of carbonyl (C=O) groups is 1. The minimum Gasteiger partial charge on any atom is -0.340 e. The van der Waals surface area contributed by atoms with Crippen molar-refractivity contribution in [3.05, 3.63) is 17.8 Å². The van der Waals surface area contributed by atoms with Crippen molar-refractivity contribution >= 4 is 17.4 Å². The van der Waals surface area contributed by atoms with Gasteiger partial charge in [0, 0.05) is 25.8 Å². The summed E-state index contributed by atoms with van der Waals surface area (Å²) in [5.41, 5.74) is -0.738. The maximum absolute atomic E-state index is 12.6. The molecule has 3 rings (SSSR count). The largest absolute Gasteiger partial charge is 0.417 e. The summed E-state index contributed by atoms with van der Waals surface area (Å²) in [6.45, 7) is 1.68. The second kappa shape index (κ2) is 4.09. The van der Waals surface area contributed by atoms with E-state index in [1.807, 2.05) is 0 Å². The van der Waals surface area contributed by atoms with Crippen LogP contribution >= 0.6 is 0 Å². The number of alkyl halides is 3. The molecule has 1 amide bonds. The minimum atomic E-state index is -4.47. The van der Waals surface area contributed by atoms with E-state index >= 15 is 0 Å². The fourth-order valence-electron chi connectivity index (χ4n) is 2.34. The van der Waals surface area contributed by atoms with Crippen molar-refractivity contribution in [2.75, 3.05) is 29.9 Å². The summed E-state index contributed by atoms with van der Waals surface area (Å²) in [6.07, 6.45) is -3.66. The highest BCUT2D eigenvalue weighted by Gasteiger charge is 2.38. The molecular formula is C11H11F3N4O. The summed E-state index contributed by atoms with van der Waals surface area (Å²) in [5.74, 6) is 0.0972. The first-order valence-electron chi connectivity index (χ1n) is 5.82.